The van der Waals surface area contributed by atoms with Gasteiger partial charge in [-0.3, -0.25) is 9.59 Å². The fourth-order valence-electron chi connectivity index (χ4n) is 4.01. The molecule has 2 heterocycles. The fourth-order valence-corrected chi connectivity index (χ4v) is 4.01. The van der Waals surface area contributed by atoms with Gasteiger partial charge in [0.2, 0.25) is 0 Å². The van der Waals surface area contributed by atoms with E-state index in [2.05, 4.69) is 4.98 Å². The van der Waals surface area contributed by atoms with E-state index in [1.54, 1.807) is 35.2 Å². The van der Waals surface area contributed by atoms with E-state index in [4.69, 9.17) is 9.47 Å². The smallest absolute Gasteiger partial charge is 0.355 e. The van der Waals surface area contributed by atoms with Crippen molar-refractivity contribution in [1.82, 2.24) is 9.88 Å². The van der Waals surface area contributed by atoms with Crippen LogP contribution in [-0.2, 0) is 14.3 Å². The van der Waals surface area contributed by atoms with E-state index in [-0.39, 0.29) is 35.9 Å². The number of esters is 1. The van der Waals surface area contributed by atoms with Crippen LogP contribution in [0.3, 0.4) is 0 Å². The Morgan fingerprint density at radius 3 is 2.93 bits per heavy atom. The van der Waals surface area contributed by atoms with E-state index >= 15 is 0 Å². The molecule has 0 unspecified atom stereocenters. The number of fused-ring (bicyclic) bond motifs is 2. The summed E-state index contributed by atoms with van der Waals surface area (Å²) < 4.78 is 11.0. The van der Waals surface area contributed by atoms with Gasteiger partial charge in [-0.05, 0) is 30.4 Å². The fraction of sp³-hybridized carbons (Fsp3) is 0.450. The number of nitrogens with zero attached hydrogens (tertiary/aromatic N) is 1. The Kier molecular flexibility index (Phi) is 4.94. The van der Waals surface area contributed by atoms with Crippen molar-refractivity contribution in [2.75, 3.05) is 19.8 Å². The van der Waals surface area contributed by atoms with E-state index < -0.39 is 5.97 Å². The zero-order valence-electron chi connectivity index (χ0n) is 15.0. The number of amides is 1. The van der Waals surface area contributed by atoms with Crippen molar-refractivity contribution < 1.29 is 19.1 Å². The summed E-state index contributed by atoms with van der Waals surface area (Å²) in [4.78, 5) is 41.3. The van der Waals surface area contributed by atoms with E-state index in [9.17, 15) is 14.4 Å². The number of benzene rings is 1. The highest BCUT2D eigenvalue weighted by molar-refractivity contribution is 5.94. The molecule has 1 aromatic carbocycles. The third-order valence-electron chi connectivity index (χ3n) is 5.35. The number of hydrogen-bond acceptors (Lipinski definition) is 5. The van der Waals surface area contributed by atoms with Gasteiger partial charge >= 0.3 is 5.97 Å². The summed E-state index contributed by atoms with van der Waals surface area (Å²) in [5.74, 6) is -0.925. The van der Waals surface area contributed by atoms with Crippen LogP contribution in [0.25, 0.3) is 10.8 Å². The predicted octanol–water partition coefficient (Wildman–Crippen LogP) is 1.85. The lowest BCUT2D eigenvalue weighted by Crippen LogP contribution is -2.55. The van der Waals surface area contributed by atoms with Crippen molar-refractivity contribution in [3.8, 4) is 0 Å². The van der Waals surface area contributed by atoms with Gasteiger partial charge in [-0.25, -0.2) is 4.79 Å². The van der Waals surface area contributed by atoms with Crippen LogP contribution in [0.15, 0.2) is 35.1 Å². The Morgan fingerprint density at radius 2 is 2.04 bits per heavy atom. The van der Waals surface area contributed by atoms with Crippen LogP contribution >= 0.6 is 0 Å². The van der Waals surface area contributed by atoms with Gasteiger partial charge in [0.1, 0.15) is 5.69 Å². The average Bonchev–Trinajstić information content (AvgIpc) is 2.71. The van der Waals surface area contributed by atoms with E-state index in [1.807, 2.05) is 0 Å². The van der Waals surface area contributed by atoms with E-state index in [1.165, 1.54) is 0 Å². The minimum Gasteiger partial charge on any atom is -0.451 e. The van der Waals surface area contributed by atoms with Crippen LogP contribution in [0.1, 0.15) is 36.2 Å². The Hall–Kier alpha value is -2.67. The number of aromatic amines is 1. The topological polar surface area (TPSA) is 88.7 Å². The number of ether oxygens (including phenoxy) is 2. The molecule has 1 aromatic heterocycles. The number of aromatic nitrogens is 1. The van der Waals surface area contributed by atoms with E-state index in [0.717, 1.165) is 25.7 Å². The minimum atomic E-state index is -0.709. The third-order valence-corrected chi connectivity index (χ3v) is 5.35. The highest BCUT2D eigenvalue weighted by atomic mass is 16.5. The average molecular weight is 370 g/mol. The summed E-state index contributed by atoms with van der Waals surface area (Å²) in [5.41, 5.74) is -0.311. The Labute approximate surface area is 156 Å². The largest absolute Gasteiger partial charge is 0.451 e. The first kappa shape index (κ1) is 17.7. The summed E-state index contributed by atoms with van der Waals surface area (Å²) >= 11 is 0. The lowest BCUT2D eigenvalue weighted by atomic mass is 9.90. The van der Waals surface area contributed by atoms with Crippen LogP contribution in [0, 0.1) is 0 Å². The van der Waals surface area contributed by atoms with Crippen molar-refractivity contribution in [2.24, 2.45) is 0 Å². The molecular weight excluding hydrogens is 348 g/mol. The number of carbonyl (C=O) groups excluding carboxylic acids is 2. The van der Waals surface area contributed by atoms with Gasteiger partial charge in [0.15, 0.2) is 6.61 Å². The molecule has 2 atom stereocenters. The zero-order chi connectivity index (χ0) is 18.8. The number of hydrogen-bond donors (Lipinski definition) is 1. The van der Waals surface area contributed by atoms with Crippen LogP contribution in [0.2, 0.25) is 0 Å². The lowest BCUT2D eigenvalue weighted by molar-refractivity contribution is -0.152. The Morgan fingerprint density at radius 1 is 1.22 bits per heavy atom. The summed E-state index contributed by atoms with van der Waals surface area (Å²) in [6.45, 7) is 0.695. The second-order valence-electron chi connectivity index (χ2n) is 7.02. The quantitative estimate of drug-likeness (QED) is 0.833. The highest BCUT2D eigenvalue weighted by Crippen LogP contribution is 2.28. The van der Waals surface area contributed by atoms with Crippen LogP contribution in [-0.4, -0.2) is 53.7 Å². The molecule has 2 aliphatic rings. The molecule has 27 heavy (non-hydrogen) atoms. The number of nitrogens with one attached hydrogen (secondary N) is 1. The van der Waals surface area contributed by atoms with Crippen LogP contribution < -0.4 is 5.56 Å². The van der Waals surface area contributed by atoms with Gasteiger partial charge in [-0.2, -0.15) is 0 Å². The number of carbonyl (C=O) groups is 2. The molecule has 7 nitrogen and oxygen atoms in total. The van der Waals surface area contributed by atoms with Crippen molar-refractivity contribution in [3.63, 3.8) is 0 Å². The molecule has 1 amide bonds. The standard InChI is InChI=1S/C20H22N2O5/c23-18(22-9-10-26-17-8-4-3-7-16(17)22)12-27-20(25)15-11-13-5-1-2-6-14(13)19(24)21-15/h1-2,5-6,11,16-17H,3-4,7-10,12H2,(H,21,24)/t16-,17-/m1/s1. The molecule has 7 heteroatoms. The highest BCUT2D eigenvalue weighted by Gasteiger charge is 2.36. The predicted molar refractivity (Wildman–Crippen MR) is 98.6 cm³/mol. The van der Waals surface area contributed by atoms with Gasteiger partial charge in [-0.1, -0.05) is 31.0 Å². The molecular formula is C20H22N2O5. The minimum absolute atomic E-state index is 0.0454. The van der Waals surface area contributed by atoms with Gasteiger partial charge in [0, 0.05) is 11.9 Å². The monoisotopic (exact) mass is 370 g/mol. The molecule has 2 aromatic rings. The zero-order valence-corrected chi connectivity index (χ0v) is 15.0. The first-order chi connectivity index (χ1) is 13.1. The first-order valence-electron chi connectivity index (χ1n) is 9.34. The molecule has 142 valence electrons. The molecule has 4 rings (SSSR count). The van der Waals surface area contributed by atoms with Gasteiger partial charge in [0.25, 0.3) is 11.5 Å². The van der Waals surface area contributed by atoms with Gasteiger partial charge in [-0.15, -0.1) is 0 Å². The maximum absolute atomic E-state index is 12.6. The second kappa shape index (κ2) is 7.52. The number of morpholine rings is 1. The molecule has 1 saturated heterocycles. The number of rotatable bonds is 3. The maximum Gasteiger partial charge on any atom is 0.355 e. The second-order valence-corrected chi connectivity index (χ2v) is 7.02. The summed E-state index contributed by atoms with van der Waals surface area (Å²) in [5, 5.41) is 1.15. The molecule has 1 saturated carbocycles. The summed E-state index contributed by atoms with van der Waals surface area (Å²) in [7, 11) is 0. The van der Waals surface area contributed by atoms with E-state index in [0.29, 0.717) is 23.9 Å². The molecule has 0 spiro atoms. The summed E-state index contributed by atoms with van der Waals surface area (Å²) in [6, 6.07) is 8.62. The molecule has 1 aliphatic heterocycles. The number of H-pyrrole nitrogens is 1. The normalized spacial score (nSPS) is 22.3. The molecule has 1 aliphatic carbocycles. The SMILES string of the molecule is O=C(OCC(=O)N1CCO[C@@H]2CCCC[C@H]21)c1cc2ccccc2c(=O)[nH]1. The van der Waals surface area contributed by atoms with Gasteiger partial charge in [0.05, 0.1) is 18.8 Å². The van der Waals surface area contributed by atoms with Crippen molar-refractivity contribution in [1.29, 1.82) is 0 Å². The van der Waals surface area contributed by atoms with Crippen molar-refractivity contribution in [3.05, 3.63) is 46.4 Å². The maximum atomic E-state index is 12.6. The van der Waals surface area contributed by atoms with Crippen molar-refractivity contribution >= 4 is 22.6 Å². The first-order valence-corrected chi connectivity index (χ1v) is 9.34. The molecule has 2 fully saturated rings. The molecule has 1 N–H and O–H groups in total. The lowest BCUT2D eigenvalue weighted by Gasteiger charge is -2.43. The Bertz CT molecular complexity index is 920. The Balaban J connectivity index is 1.43. The van der Waals surface area contributed by atoms with Gasteiger partial charge < -0.3 is 19.4 Å². The molecule has 0 bridgehead atoms. The van der Waals surface area contributed by atoms with Crippen LogP contribution in [0.4, 0.5) is 0 Å². The summed E-state index contributed by atoms with van der Waals surface area (Å²) in [6.07, 6.45) is 4.17. The number of pyridine rings is 1. The van der Waals surface area contributed by atoms with Crippen molar-refractivity contribution in [2.45, 2.75) is 37.8 Å². The third kappa shape index (κ3) is 3.60. The van der Waals surface area contributed by atoms with Crippen LogP contribution in [0.5, 0.6) is 0 Å². The molecule has 0 radical (unpaired) electrons.